The molecular weight excluding hydrogens is 572 g/mol. The molecule has 45 heavy (non-hydrogen) atoms. The number of benzene rings is 2. The number of nitrogens with zero attached hydrogens (tertiary/aromatic N) is 4. The first-order valence-electron chi connectivity index (χ1n) is 14.9. The van der Waals surface area contributed by atoms with Gasteiger partial charge < -0.3 is 19.6 Å². The number of amides is 2. The lowest BCUT2D eigenvalue weighted by atomic mass is 10.1. The summed E-state index contributed by atoms with van der Waals surface area (Å²) in [5.41, 5.74) is 7.86. The van der Waals surface area contributed by atoms with Gasteiger partial charge in [-0.1, -0.05) is 38.1 Å². The van der Waals surface area contributed by atoms with Crippen LogP contribution in [0.4, 0.5) is 11.4 Å². The van der Waals surface area contributed by atoms with Crippen LogP contribution in [0, 0.1) is 0 Å². The molecule has 6 rings (SSSR count). The highest BCUT2D eigenvalue weighted by atomic mass is 16.5. The zero-order valence-electron chi connectivity index (χ0n) is 25.4. The number of fused-ring (bicyclic) bond motifs is 2. The number of carbonyl (C=O) groups excluding carboxylic acids is 3. The molecule has 2 amide bonds. The number of carboxylic acid groups (broad SMARTS) is 1. The number of methoxy groups -OCH3 is 1. The molecule has 0 aliphatic carbocycles. The standard InChI is InChI=1S/C18H18N2O3.C17H16N2O3/c1-3-17(21)20-11-10-15-16(20)9-8-14(19-15)12-4-6-13(7-5-12)18(22)23-2;1-2-16(20)19-10-9-14-15(19)8-7-13(18-14)11-3-5-12(6-4-11)17(21)22/h4-9H,3,10-11H2,1-2H3;3-8H,2,9-10H2,1H3,(H,21,22). The Morgan fingerprint density at radius 1 is 0.667 bits per heavy atom. The van der Waals surface area contributed by atoms with E-state index in [2.05, 4.69) is 9.97 Å². The van der Waals surface area contributed by atoms with Gasteiger partial charge in [0.15, 0.2) is 0 Å². The van der Waals surface area contributed by atoms with Gasteiger partial charge in [0, 0.05) is 49.9 Å². The zero-order valence-corrected chi connectivity index (χ0v) is 25.4. The molecule has 0 spiro atoms. The van der Waals surface area contributed by atoms with E-state index in [1.807, 2.05) is 50.2 Å². The fraction of sp³-hybridized carbons (Fsp3) is 0.257. The Balaban J connectivity index is 0.000000178. The first kappa shape index (κ1) is 31.1. The Labute approximate surface area is 261 Å². The van der Waals surface area contributed by atoms with E-state index < -0.39 is 5.97 Å². The molecule has 0 atom stereocenters. The third-order valence-corrected chi connectivity index (χ3v) is 7.86. The summed E-state index contributed by atoms with van der Waals surface area (Å²) in [5, 5.41) is 8.92. The number of ether oxygens (including phenoxy) is 1. The maximum atomic E-state index is 11.9. The van der Waals surface area contributed by atoms with Crippen molar-refractivity contribution in [1.29, 1.82) is 0 Å². The minimum atomic E-state index is -0.942. The first-order chi connectivity index (χ1) is 21.7. The van der Waals surface area contributed by atoms with Gasteiger partial charge in [0.2, 0.25) is 11.8 Å². The number of hydrogen-bond acceptors (Lipinski definition) is 7. The molecule has 0 saturated carbocycles. The van der Waals surface area contributed by atoms with E-state index in [1.54, 1.807) is 46.2 Å². The third kappa shape index (κ3) is 6.59. The summed E-state index contributed by atoms with van der Waals surface area (Å²) in [5.74, 6) is -1.06. The molecule has 0 bridgehead atoms. The highest BCUT2D eigenvalue weighted by Gasteiger charge is 2.26. The van der Waals surface area contributed by atoms with Crippen LogP contribution in [-0.2, 0) is 27.2 Å². The number of aromatic nitrogens is 2. The van der Waals surface area contributed by atoms with E-state index in [9.17, 15) is 19.2 Å². The molecule has 10 heteroatoms. The van der Waals surface area contributed by atoms with Crippen LogP contribution in [0.5, 0.6) is 0 Å². The predicted molar refractivity (Wildman–Crippen MR) is 170 cm³/mol. The van der Waals surface area contributed by atoms with Gasteiger partial charge >= 0.3 is 11.9 Å². The van der Waals surface area contributed by atoms with Crippen molar-refractivity contribution in [3.05, 3.63) is 95.3 Å². The largest absolute Gasteiger partial charge is 0.478 e. The molecule has 230 valence electrons. The summed E-state index contributed by atoms with van der Waals surface area (Å²) in [4.78, 5) is 59.0. The van der Waals surface area contributed by atoms with Crippen LogP contribution in [0.1, 0.15) is 58.8 Å². The van der Waals surface area contributed by atoms with Crippen molar-refractivity contribution in [2.75, 3.05) is 30.0 Å². The Hall–Kier alpha value is -5.38. The van der Waals surface area contributed by atoms with E-state index in [-0.39, 0.29) is 23.3 Å². The van der Waals surface area contributed by atoms with Gasteiger partial charge in [0.05, 0.1) is 52.4 Å². The van der Waals surface area contributed by atoms with E-state index in [4.69, 9.17) is 9.84 Å². The second kappa shape index (κ2) is 13.5. The molecule has 2 aliphatic heterocycles. The van der Waals surface area contributed by atoms with Crippen LogP contribution < -0.4 is 9.80 Å². The molecule has 4 heterocycles. The summed E-state index contributed by atoms with van der Waals surface area (Å²) in [7, 11) is 1.36. The smallest absolute Gasteiger partial charge is 0.337 e. The van der Waals surface area contributed by atoms with Crippen molar-refractivity contribution in [3.63, 3.8) is 0 Å². The minimum Gasteiger partial charge on any atom is -0.478 e. The van der Waals surface area contributed by atoms with E-state index in [0.717, 1.165) is 58.1 Å². The fourth-order valence-electron chi connectivity index (χ4n) is 5.42. The zero-order chi connectivity index (χ0) is 32.1. The van der Waals surface area contributed by atoms with Gasteiger partial charge in [-0.25, -0.2) is 9.59 Å². The van der Waals surface area contributed by atoms with Gasteiger partial charge in [0.25, 0.3) is 0 Å². The van der Waals surface area contributed by atoms with Crippen LogP contribution in [0.25, 0.3) is 22.5 Å². The van der Waals surface area contributed by atoms with Crippen LogP contribution in [0.15, 0.2) is 72.8 Å². The predicted octanol–water partition coefficient (Wildman–Crippen LogP) is 5.58. The minimum absolute atomic E-state index is 0.110. The molecule has 2 aromatic carbocycles. The quantitative estimate of drug-likeness (QED) is 0.282. The summed E-state index contributed by atoms with van der Waals surface area (Å²) >= 11 is 0. The molecule has 2 aromatic heterocycles. The topological polar surface area (TPSA) is 130 Å². The van der Waals surface area contributed by atoms with Crippen LogP contribution in [0.3, 0.4) is 0 Å². The van der Waals surface area contributed by atoms with Gasteiger partial charge in [0.1, 0.15) is 0 Å². The summed E-state index contributed by atoms with van der Waals surface area (Å²) in [6.07, 6.45) is 2.51. The van der Waals surface area contributed by atoms with Gasteiger partial charge in [-0.15, -0.1) is 0 Å². The van der Waals surface area contributed by atoms with Gasteiger partial charge in [-0.2, -0.15) is 0 Å². The number of rotatable bonds is 6. The van der Waals surface area contributed by atoms with E-state index in [1.165, 1.54) is 7.11 Å². The highest BCUT2D eigenvalue weighted by molar-refractivity contribution is 5.96. The Morgan fingerprint density at radius 3 is 1.47 bits per heavy atom. The molecule has 10 nitrogen and oxygen atoms in total. The number of esters is 1. The number of carbonyl (C=O) groups is 4. The summed E-state index contributed by atoms with van der Waals surface area (Å²) in [6.45, 7) is 5.09. The second-order valence-corrected chi connectivity index (χ2v) is 10.6. The van der Waals surface area contributed by atoms with Crippen LogP contribution in [0.2, 0.25) is 0 Å². The summed E-state index contributed by atoms with van der Waals surface area (Å²) in [6, 6.07) is 21.4. The van der Waals surface area contributed by atoms with Crippen molar-refractivity contribution in [2.45, 2.75) is 39.5 Å². The van der Waals surface area contributed by atoms with Crippen molar-refractivity contribution < 1.29 is 29.0 Å². The number of aromatic carboxylic acids is 1. The average molecular weight is 607 g/mol. The molecular formula is C35H34N4O6. The van der Waals surface area contributed by atoms with Crippen LogP contribution >= 0.6 is 0 Å². The van der Waals surface area contributed by atoms with Crippen molar-refractivity contribution in [3.8, 4) is 22.5 Å². The van der Waals surface area contributed by atoms with E-state index in [0.29, 0.717) is 31.5 Å². The molecule has 0 saturated heterocycles. The lowest BCUT2D eigenvalue weighted by Crippen LogP contribution is -2.27. The Morgan fingerprint density at radius 2 is 1.09 bits per heavy atom. The maximum absolute atomic E-state index is 11.9. The monoisotopic (exact) mass is 606 g/mol. The molecule has 1 N–H and O–H groups in total. The number of anilines is 2. The number of pyridine rings is 2. The van der Waals surface area contributed by atoms with Crippen LogP contribution in [-0.4, -0.2) is 59.0 Å². The Kier molecular flexibility index (Phi) is 9.32. The number of carboxylic acids is 1. The average Bonchev–Trinajstić information content (AvgIpc) is 3.71. The molecule has 0 unspecified atom stereocenters. The second-order valence-electron chi connectivity index (χ2n) is 10.6. The SMILES string of the molecule is CCC(=O)N1CCc2nc(-c3ccc(C(=O)O)cc3)ccc21.CCC(=O)N1CCc2nc(-c3ccc(C(=O)OC)cc3)ccc21. The van der Waals surface area contributed by atoms with Crippen molar-refractivity contribution in [2.24, 2.45) is 0 Å². The highest BCUT2D eigenvalue weighted by Crippen LogP contribution is 2.31. The number of hydrogen-bond donors (Lipinski definition) is 1. The first-order valence-corrected chi connectivity index (χ1v) is 14.9. The lowest BCUT2D eigenvalue weighted by molar-refractivity contribution is -0.119. The fourth-order valence-corrected chi connectivity index (χ4v) is 5.42. The van der Waals surface area contributed by atoms with Crippen molar-refractivity contribution in [1.82, 2.24) is 9.97 Å². The van der Waals surface area contributed by atoms with E-state index >= 15 is 0 Å². The van der Waals surface area contributed by atoms with Gasteiger partial charge in [-0.3, -0.25) is 19.6 Å². The molecule has 0 fully saturated rings. The molecule has 0 radical (unpaired) electrons. The molecule has 4 aromatic rings. The van der Waals surface area contributed by atoms with Crippen molar-refractivity contribution >= 4 is 35.1 Å². The maximum Gasteiger partial charge on any atom is 0.337 e. The summed E-state index contributed by atoms with van der Waals surface area (Å²) < 4.78 is 4.70. The molecule has 2 aliphatic rings. The lowest BCUT2D eigenvalue weighted by Gasteiger charge is -2.16. The third-order valence-electron chi connectivity index (χ3n) is 7.86. The van der Waals surface area contributed by atoms with Gasteiger partial charge in [-0.05, 0) is 48.5 Å². The Bertz CT molecular complexity index is 1750. The normalized spacial score (nSPS) is 13.0.